The predicted molar refractivity (Wildman–Crippen MR) is 65.7 cm³/mol. The number of ketones is 1. The van der Waals surface area contributed by atoms with Crippen LogP contribution in [0.5, 0.6) is 0 Å². The highest BCUT2D eigenvalue weighted by atomic mass is 16.1. The van der Waals surface area contributed by atoms with Crippen LogP contribution in [0.2, 0.25) is 0 Å². The first-order valence-electron chi connectivity index (χ1n) is 5.90. The maximum absolute atomic E-state index is 11.5. The van der Waals surface area contributed by atoms with Crippen LogP contribution in [0, 0.1) is 0 Å². The summed E-state index contributed by atoms with van der Waals surface area (Å²) in [5, 5.41) is 0. The van der Waals surface area contributed by atoms with Crippen molar-refractivity contribution in [1.82, 2.24) is 14.9 Å². The fraction of sp³-hybridized carbons (Fsp3) is 0.385. The number of para-hydroxylation sites is 2. The van der Waals surface area contributed by atoms with Gasteiger partial charge in [-0.2, -0.15) is 0 Å². The van der Waals surface area contributed by atoms with Crippen molar-refractivity contribution in [1.29, 1.82) is 0 Å². The second-order valence-corrected chi connectivity index (χ2v) is 4.63. The summed E-state index contributed by atoms with van der Waals surface area (Å²) in [5.41, 5.74) is 2.00. The van der Waals surface area contributed by atoms with Gasteiger partial charge in [0.2, 0.25) is 0 Å². The third kappa shape index (κ3) is 1.85. The molecule has 0 saturated carbocycles. The van der Waals surface area contributed by atoms with E-state index in [2.05, 4.69) is 14.9 Å². The lowest BCUT2D eigenvalue weighted by atomic mass is 10.0. The van der Waals surface area contributed by atoms with Gasteiger partial charge in [-0.05, 0) is 19.2 Å². The van der Waals surface area contributed by atoms with Crippen molar-refractivity contribution in [2.24, 2.45) is 0 Å². The van der Waals surface area contributed by atoms with Crippen molar-refractivity contribution >= 4 is 16.8 Å². The molecule has 1 unspecified atom stereocenters. The number of hydrogen-bond acceptors (Lipinski definition) is 3. The van der Waals surface area contributed by atoms with Gasteiger partial charge in [-0.25, -0.2) is 4.98 Å². The molecule has 1 N–H and O–H groups in total. The predicted octanol–water partition coefficient (Wildman–Crippen LogP) is 1.90. The Morgan fingerprint density at radius 1 is 1.41 bits per heavy atom. The number of Topliss-reactive ketones (excluding diaryl/α,β-unsaturated/α-hetero) is 1. The molecule has 4 heteroatoms. The highest BCUT2D eigenvalue weighted by molar-refractivity contribution is 5.80. The number of nitrogens with zero attached hydrogens (tertiary/aromatic N) is 2. The minimum atomic E-state index is 0.101. The van der Waals surface area contributed by atoms with Crippen molar-refractivity contribution in [3.63, 3.8) is 0 Å². The van der Waals surface area contributed by atoms with Gasteiger partial charge in [0.1, 0.15) is 11.6 Å². The average molecular weight is 229 g/mol. The van der Waals surface area contributed by atoms with Crippen LogP contribution in [0.25, 0.3) is 11.0 Å². The summed E-state index contributed by atoms with van der Waals surface area (Å²) >= 11 is 0. The van der Waals surface area contributed by atoms with Crippen LogP contribution in [0.4, 0.5) is 0 Å². The molecule has 1 aliphatic rings. The molecule has 17 heavy (non-hydrogen) atoms. The van der Waals surface area contributed by atoms with Gasteiger partial charge in [0, 0.05) is 19.4 Å². The zero-order valence-electron chi connectivity index (χ0n) is 9.81. The van der Waals surface area contributed by atoms with Gasteiger partial charge < -0.3 is 4.98 Å². The van der Waals surface area contributed by atoms with Crippen molar-refractivity contribution in [3.8, 4) is 0 Å². The van der Waals surface area contributed by atoms with E-state index in [0.29, 0.717) is 18.6 Å². The molecule has 1 saturated heterocycles. The Morgan fingerprint density at radius 2 is 2.24 bits per heavy atom. The van der Waals surface area contributed by atoms with Gasteiger partial charge in [0.05, 0.1) is 17.1 Å². The van der Waals surface area contributed by atoms with Crippen LogP contribution in [0.3, 0.4) is 0 Å². The number of carbonyl (C=O) groups excluding carboxylic acids is 1. The number of carbonyl (C=O) groups is 1. The molecule has 0 aliphatic carbocycles. The molecule has 0 spiro atoms. The van der Waals surface area contributed by atoms with Crippen molar-refractivity contribution in [3.05, 3.63) is 30.1 Å². The second kappa shape index (κ2) is 3.96. The van der Waals surface area contributed by atoms with Crippen LogP contribution in [-0.4, -0.2) is 34.2 Å². The van der Waals surface area contributed by atoms with Crippen LogP contribution in [-0.2, 0) is 4.79 Å². The van der Waals surface area contributed by atoms with E-state index < -0.39 is 0 Å². The molecular formula is C13H15N3O. The first kappa shape index (κ1) is 10.5. The Balaban J connectivity index is 1.99. The summed E-state index contributed by atoms with van der Waals surface area (Å²) in [4.78, 5) is 21.6. The van der Waals surface area contributed by atoms with E-state index in [0.717, 1.165) is 23.4 Å². The summed E-state index contributed by atoms with van der Waals surface area (Å²) in [6, 6.07) is 8.06. The van der Waals surface area contributed by atoms with Crippen molar-refractivity contribution in [2.75, 3.05) is 13.6 Å². The number of likely N-dealkylation sites (tertiary alicyclic amines) is 1. The number of H-pyrrole nitrogens is 1. The standard InChI is InChI=1S/C13H15N3O/c1-16-7-6-9(17)8-12(16)13-14-10-4-2-3-5-11(10)15-13/h2-5,12H,6-8H2,1H3,(H,14,15). The van der Waals surface area contributed by atoms with E-state index in [1.165, 1.54) is 0 Å². The first-order chi connectivity index (χ1) is 8.24. The summed E-state index contributed by atoms with van der Waals surface area (Å²) in [6.07, 6.45) is 1.23. The summed E-state index contributed by atoms with van der Waals surface area (Å²) in [5.74, 6) is 1.23. The number of hydrogen-bond donors (Lipinski definition) is 1. The quantitative estimate of drug-likeness (QED) is 0.812. The third-order valence-corrected chi connectivity index (χ3v) is 3.42. The monoisotopic (exact) mass is 229 g/mol. The van der Waals surface area contributed by atoms with E-state index >= 15 is 0 Å². The Morgan fingerprint density at radius 3 is 3.06 bits per heavy atom. The molecule has 2 aromatic rings. The molecule has 3 rings (SSSR count). The molecule has 88 valence electrons. The number of aromatic nitrogens is 2. The normalized spacial score (nSPS) is 22.2. The Hall–Kier alpha value is -1.68. The van der Waals surface area contributed by atoms with E-state index in [4.69, 9.17) is 0 Å². The Kier molecular flexibility index (Phi) is 2.44. The highest BCUT2D eigenvalue weighted by Gasteiger charge is 2.27. The van der Waals surface area contributed by atoms with Gasteiger partial charge in [-0.1, -0.05) is 12.1 Å². The minimum absolute atomic E-state index is 0.101. The Labute approximate surface area is 99.6 Å². The van der Waals surface area contributed by atoms with Crippen LogP contribution >= 0.6 is 0 Å². The van der Waals surface area contributed by atoms with Crippen LogP contribution in [0.15, 0.2) is 24.3 Å². The third-order valence-electron chi connectivity index (χ3n) is 3.42. The van der Waals surface area contributed by atoms with Crippen LogP contribution in [0.1, 0.15) is 24.7 Å². The van der Waals surface area contributed by atoms with E-state index in [1.54, 1.807) is 0 Å². The van der Waals surface area contributed by atoms with Gasteiger partial charge in [-0.15, -0.1) is 0 Å². The zero-order valence-corrected chi connectivity index (χ0v) is 9.81. The van der Waals surface area contributed by atoms with Gasteiger partial charge in [-0.3, -0.25) is 9.69 Å². The SMILES string of the molecule is CN1CCC(=O)CC1c1nc2ccccc2[nH]1. The highest BCUT2D eigenvalue weighted by Crippen LogP contribution is 2.27. The topological polar surface area (TPSA) is 49.0 Å². The van der Waals surface area contributed by atoms with Crippen molar-refractivity contribution < 1.29 is 4.79 Å². The minimum Gasteiger partial charge on any atom is -0.341 e. The molecule has 1 aromatic carbocycles. The number of piperidine rings is 1. The number of aromatic amines is 1. The molecule has 1 aliphatic heterocycles. The number of fused-ring (bicyclic) bond motifs is 1. The van der Waals surface area contributed by atoms with E-state index in [9.17, 15) is 4.79 Å². The van der Waals surface area contributed by atoms with E-state index in [-0.39, 0.29) is 6.04 Å². The number of imidazole rings is 1. The molecule has 1 atom stereocenters. The van der Waals surface area contributed by atoms with E-state index in [1.807, 2.05) is 31.3 Å². The lowest BCUT2D eigenvalue weighted by molar-refractivity contribution is -0.123. The lowest BCUT2D eigenvalue weighted by Crippen LogP contribution is -2.34. The molecular weight excluding hydrogens is 214 g/mol. The van der Waals surface area contributed by atoms with Crippen LogP contribution < -0.4 is 0 Å². The van der Waals surface area contributed by atoms with Gasteiger partial charge in [0.25, 0.3) is 0 Å². The molecule has 4 nitrogen and oxygen atoms in total. The smallest absolute Gasteiger partial charge is 0.136 e. The molecule has 0 radical (unpaired) electrons. The first-order valence-corrected chi connectivity index (χ1v) is 5.90. The second-order valence-electron chi connectivity index (χ2n) is 4.63. The number of nitrogens with one attached hydrogen (secondary N) is 1. The Bertz CT molecular complexity index is 528. The zero-order chi connectivity index (χ0) is 11.8. The fourth-order valence-corrected chi connectivity index (χ4v) is 2.37. The summed E-state index contributed by atoms with van der Waals surface area (Å²) in [6.45, 7) is 0.820. The fourth-order valence-electron chi connectivity index (χ4n) is 2.37. The van der Waals surface area contributed by atoms with Gasteiger partial charge >= 0.3 is 0 Å². The summed E-state index contributed by atoms with van der Waals surface area (Å²) in [7, 11) is 2.05. The van der Waals surface area contributed by atoms with Crippen molar-refractivity contribution in [2.45, 2.75) is 18.9 Å². The maximum atomic E-state index is 11.5. The molecule has 0 bridgehead atoms. The molecule has 0 amide bonds. The molecule has 1 aromatic heterocycles. The number of rotatable bonds is 1. The average Bonchev–Trinajstić information content (AvgIpc) is 2.75. The number of benzene rings is 1. The maximum Gasteiger partial charge on any atom is 0.136 e. The summed E-state index contributed by atoms with van der Waals surface area (Å²) < 4.78 is 0. The molecule has 2 heterocycles. The largest absolute Gasteiger partial charge is 0.341 e. The molecule has 1 fully saturated rings. The lowest BCUT2D eigenvalue weighted by Gasteiger charge is -2.29. The van der Waals surface area contributed by atoms with Gasteiger partial charge in [0.15, 0.2) is 0 Å².